The summed E-state index contributed by atoms with van der Waals surface area (Å²) in [6.07, 6.45) is 4.10. The number of hydrogen-bond donors (Lipinski definition) is 2. The number of nitrogens with zero attached hydrogens (tertiary/aromatic N) is 3. The zero-order valence-corrected chi connectivity index (χ0v) is 18.6. The van der Waals surface area contributed by atoms with Crippen molar-refractivity contribution in [1.82, 2.24) is 15.0 Å². The maximum Gasteiger partial charge on any atom is 0.253 e. The Balaban J connectivity index is 1.59. The third-order valence-electron chi connectivity index (χ3n) is 5.30. The highest BCUT2D eigenvalue weighted by molar-refractivity contribution is 6.31. The largest absolute Gasteiger partial charge is 0.347 e. The second-order valence-corrected chi connectivity index (χ2v) is 8.92. The van der Waals surface area contributed by atoms with E-state index in [1.54, 1.807) is 29.3 Å². The number of anilines is 2. The van der Waals surface area contributed by atoms with E-state index in [2.05, 4.69) is 20.3 Å². The maximum atomic E-state index is 12.8. The molecule has 7 nitrogen and oxygen atoms in total. The van der Waals surface area contributed by atoms with E-state index < -0.39 is 0 Å². The molecule has 162 valence electrons. The first-order valence-corrected chi connectivity index (χ1v) is 10.9. The van der Waals surface area contributed by atoms with Crippen LogP contribution in [0.3, 0.4) is 0 Å². The van der Waals surface area contributed by atoms with Gasteiger partial charge < -0.3 is 10.3 Å². The van der Waals surface area contributed by atoms with Gasteiger partial charge in [-0.15, -0.1) is 0 Å². The molecule has 1 amide bonds. The first-order chi connectivity index (χ1) is 14.8. The van der Waals surface area contributed by atoms with Crippen LogP contribution in [-0.2, 0) is 4.79 Å². The molecule has 1 saturated carbocycles. The van der Waals surface area contributed by atoms with Crippen molar-refractivity contribution in [2.24, 2.45) is 5.92 Å². The number of rotatable bonds is 7. The Morgan fingerprint density at radius 3 is 2.74 bits per heavy atom. The lowest BCUT2D eigenvalue weighted by Crippen LogP contribution is -2.34. The Labute approximate surface area is 185 Å². The Morgan fingerprint density at radius 2 is 2.03 bits per heavy atom. The Hall–Kier alpha value is -2.93. The van der Waals surface area contributed by atoms with Gasteiger partial charge >= 0.3 is 0 Å². The Bertz CT molecular complexity index is 1170. The third-order valence-corrected chi connectivity index (χ3v) is 5.53. The monoisotopic (exact) mass is 439 g/mol. The minimum Gasteiger partial charge on any atom is -0.347 e. The van der Waals surface area contributed by atoms with Gasteiger partial charge in [0, 0.05) is 40.1 Å². The topological polar surface area (TPSA) is 91.0 Å². The molecule has 1 aliphatic carbocycles. The molecule has 0 aliphatic heterocycles. The second kappa shape index (κ2) is 8.67. The fourth-order valence-electron chi connectivity index (χ4n) is 3.64. The lowest BCUT2D eigenvalue weighted by atomic mass is 10.1. The number of fused-ring (bicyclic) bond motifs is 1. The van der Waals surface area contributed by atoms with Crippen LogP contribution >= 0.6 is 11.6 Å². The van der Waals surface area contributed by atoms with E-state index in [-0.39, 0.29) is 29.5 Å². The molecule has 1 fully saturated rings. The molecule has 8 heteroatoms. The van der Waals surface area contributed by atoms with Gasteiger partial charge in [-0.05, 0) is 56.0 Å². The SMILES string of the molecule is CC(C)CC(=O)N(c1ccnc(NC(C)c2cc3cc(Cl)ccc3[nH]c2=O)n1)C1CC1. The van der Waals surface area contributed by atoms with Gasteiger partial charge in [0.25, 0.3) is 5.56 Å². The average molecular weight is 440 g/mol. The van der Waals surface area contributed by atoms with Gasteiger partial charge in [0.1, 0.15) is 5.82 Å². The molecule has 1 unspecified atom stereocenters. The van der Waals surface area contributed by atoms with Crippen molar-refractivity contribution < 1.29 is 4.79 Å². The number of aromatic amines is 1. The Morgan fingerprint density at radius 1 is 1.26 bits per heavy atom. The number of aromatic nitrogens is 3. The molecule has 2 heterocycles. The molecule has 4 rings (SSSR count). The summed E-state index contributed by atoms with van der Waals surface area (Å²) in [7, 11) is 0. The lowest BCUT2D eigenvalue weighted by Gasteiger charge is -2.23. The number of benzene rings is 1. The molecule has 1 aliphatic rings. The van der Waals surface area contributed by atoms with Crippen LogP contribution in [0.15, 0.2) is 41.3 Å². The third kappa shape index (κ3) is 4.88. The van der Waals surface area contributed by atoms with Crippen molar-refractivity contribution in [2.75, 3.05) is 10.2 Å². The van der Waals surface area contributed by atoms with Crippen LogP contribution in [0.5, 0.6) is 0 Å². The number of halogens is 1. The van der Waals surface area contributed by atoms with E-state index in [0.29, 0.717) is 28.8 Å². The summed E-state index contributed by atoms with van der Waals surface area (Å²) in [5, 5.41) is 4.66. The first-order valence-electron chi connectivity index (χ1n) is 10.6. The molecule has 0 spiro atoms. The van der Waals surface area contributed by atoms with Gasteiger partial charge in [0.2, 0.25) is 11.9 Å². The predicted molar refractivity (Wildman–Crippen MR) is 124 cm³/mol. The zero-order valence-electron chi connectivity index (χ0n) is 17.9. The van der Waals surface area contributed by atoms with Gasteiger partial charge in [-0.2, -0.15) is 4.98 Å². The minimum absolute atomic E-state index is 0.0815. The van der Waals surface area contributed by atoms with Crippen LogP contribution in [0, 0.1) is 5.92 Å². The van der Waals surface area contributed by atoms with Gasteiger partial charge in [0.15, 0.2) is 0 Å². The first kappa shape index (κ1) is 21.3. The number of carbonyl (C=O) groups is 1. The number of amides is 1. The number of carbonyl (C=O) groups excluding carboxylic acids is 1. The van der Waals surface area contributed by atoms with Crippen LogP contribution in [-0.4, -0.2) is 26.9 Å². The highest BCUT2D eigenvalue weighted by Crippen LogP contribution is 2.32. The van der Waals surface area contributed by atoms with Crippen LogP contribution in [0.4, 0.5) is 11.8 Å². The molecule has 1 atom stereocenters. The molecule has 31 heavy (non-hydrogen) atoms. The molecule has 0 bridgehead atoms. The molecule has 2 N–H and O–H groups in total. The second-order valence-electron chi connectivity index (χ2n) is 8.48. The minimum atomic E-state index is -0.344. The van der Waals surface area contributed by atoms with Gasteiger partial charge in [-0.25, -0.2) is 4.98 Å². The van der Waals surface area contributed by atoms with E-state index in [0.717, 1.165) is 23.7 Å². The highest BCUT2D eigenvalue weighted by Gasteiger charge is 2.34. The number of hydrogen-bond acceptors (Lipinski definition) is 5. The molecule has 0 radical (unpaired) electrons. The summed E-state index contributed by atoms with van der Waals surface area (Å²) in [5.74, 6) is 1.33. The van der Waals surface area contributed by atoms with Gasteiger partial charge in [0.05, 0.1) is 6.04 Å². The van der Waals surface area contributed by atoms with Crippen molar-refractivity contribution in [2.45, 2.75) is 52.1 Å². The quantitative estimate of drug-likeness (QED) is 0.557. The normalized spacial score (nSPS) is 14.6. The fraction of sp³-hybridized carbons (Fsp3) is 0.391. The number of nitrogens with one attached hydrogen (secondary N) is 2. The Kier molecular flexibility index (Phi) is 5.96. The van der Waals surface area contributed by atoms with Crippen molar-refractivity contribution in [3.05, 3.63) is 57.5 Å². The predicted octanol–water partition coefficient (Wildman–Crippen LogP) is 4.69. The van der Waals surface area contributed by atoms with E-state index in [1.807, 2.05) is 32.9 Å². The smallest absolute Gasteiger partial charge is 0.253 e. The molecule has 2 aromatic heterocycles. The fourth-order valence-corrected chi connectivity index (χ4v) is 3.82. The van der Waals surface area contributed by atoms with Crippen molar-refractivity contribution in [3.63, 3.8) is 0 Å². The standard InChI is InChI=1S/C23H26ClN5O2/c1-13(2)10-21(30)29(17-5-6-17)20-8-9-25-23(28-20)26-14(3)18-12-15-11-16(24)4-7-19(15)27-22(18)31/h4,7-9,11-14,17H,5-6,10H2,1-3H3,(H,27,31)(H,25,26,28). The summed E-state index contributed by atoms with van der Waals surface area (Å²) in [6, 6.07) is 8.79. The molecular weight excluding hydrogens is 414 g/mol. The molecule has 0 saturated heterocycles. The van der Waals surface area contributed by atoms with Gasteiger partial charge in [-0.1, -0.05) is 25.4 Å². The molecule has 3 aromatic rings. The molecule has 1 aromatic carbocycles. The van der Waals surface area contributed by atoms with Crippen LogP contribution in [0.2, 0.25) is 5.02 Å². The summed E-state index contributed by atoms with van der Waals surface area (Å²) < 4.78 is 0. The van der Waals surface area contributed by atoms with E-state index >= 15 is 0 Å². The summed E-state index contributed by atoms with van der Waals surface area (Å²) in [6.45, 7) is 5.94. The van der Waals surface area contributed by atoms with Crippen LogP contribution in [0.25, 0.3) is 10.9 Å². The summed E-state index contributed by atoms with van der Waals surface area (Å²) in [4.78, 5) is 38.9. The van der Waals surface area contributed by atoms with Crippen molar-refractivity contribution in [3.8, 4) is 0 Å². The van der Waals surface area contributed by atoms with Crippen LogP contribution < -0.4 is 15.8 Å². The van der Waals surface area contributed by atoms with E-state index in [1.165, 1.54) is 0 Å². The maximum absolute atomic E-state index is 12.8. The van der Waals surface area contributed by atoms with E-state index in [4.69, 9.17) is 11.6 Å². The number of pyridine rings is 1. The number of H-pyrrole nitrogens is 1. The average Bonchev–Trinajstić information content (AvgIpc) is 3.52. The van der Waals surface area contributed by atoms with Crippen molar-refractivity contribution >= 4 is 40.2 Å². The zero-order chi connectivity index (χ0) is 22.1. The lowest BCUT2D eigenvalue weighted by molar-refractivity contribution is -0.119. The summed E-state index contributed by atoms with van der Waals surface area (Å²) in [5.41, 5.74) is 1.10. The molecular formula is C23H26ClN5O2. The van der Waals surface area contributed by atoms with Crippen molar-refractivity contribution in [1.29, 1.82) is 0 Å². The van der Waals surface area contributed by atoms with Crippen LogP contribution in [0.1, 0.15) is 51.6 Å². The van der Waals surface area contributed by atoms with E-state index in [9.17, 15) is 9.59 Å². The highest BCUT2D eigenvalue weighted by atomic mass is 35.5. The van der Waals surface area contributed by atoms with Gasteiger partial charge in [-0.3, -0.25) is 14.5 Å². The summed E-state index contributed by atoms with van der Waals surface area (Å²) >= 11 is 6.09.